The summed E-state index contributed by atoms with van der Waals surface area (Å²) >= 11 is 0. The zero-order chi connectivity index (χ0) is 14.8. The summed E-state index contributed by atoms with van der Waals surface area (Å²) in [6.07, 6.45) is 3.64. The van der Waals surface area contributed by atoms with E-state index < -0.39 is 0 Å². The van der Waals surface area contributed by atoms with Crippen molar-refractivity contribution in [3.8, 4) is 11.5 Å². The number of rotatable bonds is 5. The van der Waals surface area contributed by atoms with Crippen molar-refractivity contribution in [3.63, 3.8) is 0 Å². The fourth-order valence-electron chi connectivity index (χ4n) is 3.02. The highest BCUT2D eigenvalue weighted by atomic mass is 16.5. The summed E-state index contributed by atoms with van der Waals surface area (Å²) in [4.78, 5) is 0. The van der Waals surface area contributed by atoms with E-state index in [1.54, 1.807) is 14.2 Å². The fourth-order valence-corrected chi connectivity index (χ4v) is 3.02. The fraction of sp³-hybridized carbons (Fsp3) is 0.647. The average molecular weight is 277 g/mol. The SMILES string of the molecule is CCCCC1NCC(C)(C)c2cc(OC)c(OC)cc21. The molecule has 0 aromatic heterocycles. The van der Waals surface area contributed by atoms with Crippen molar-refractivity contribution in [1.29, 1.82) is 0 Å². The molecule has 0 saturated carbocycles. The van der Waals surface area contributed by atoms with Gasteiger partial charge in [-0.2, -0.15) is 0 Å². The van der Waals surface area contributed by atoms with E-state index >= 15 is 0 Å². The van der Waals surface area contributed by atoms with Gasteiger partial charge in [-0.25, -0.2) is 0 Å². The average Bonchev–Trinajstić information content (AvgIpc) is 2.45. The van der Waals surface area contributed by atoms with E-state index in [1.165, 1.54) is 30.4 Å². The molecule has 20 heavy (non-hydrogen) atoms. The molecule has 0 fully saturated rings. The van der Waals surface area contributed by atoms with Gasteiger partial charge < -0.3 is 14.8 Å². The van der Waals surface area contributed by atoms with E-state index in [1.807, 2.05) is 0 Å². The first kappa shape index (κ1) is 15.2. The highest BCUT2D eigenvalue weighted by molar-refractivity contribution is 5.52. The predicted molar refractivity (Wildman–Crippen MR) is 82.8 cm³/mol. The first-order valence-electron chi connectivity index (χ1n) is 7.53. The molecule has 1 aromatic rings. The quantitative estimate of drug-likeness (QED) is 0.887. The Hall–Kier alpha value is -1.22. The molecule has 0 spiro atoms. The van der Waals surface area contributed by atoms with Crippen molar-refractivity contribution in [2.75, 3.05) is 20.8 Å². The molecular weight excluding hydrogens is 250 g/mol. The van der Waals surface area contributed by atoms with Crippen molar-refractivity contribution < 1.29 is 9.47 Å². The van der Waals surface area contributed by atoms with Gasteiger partial charge in [0.15, 0.2) is 11.5 Å². The number of unbranched alkanes of at least 4 members (excludes halogenated alkanes) is 1. The van der Waals surface area contributed by atoms with Crippen LogP contribution in [-0.2, 0) is 5.41 Å². The first-order valence-corrected chi connectivity index (χ1v) is 7.53. The number of fused-ring (bicyclic) bond motifs is 1. The van der Waals surface area contributed by atoms with Gasteiger partial charge in [-0.05, 0) is 29.7 Å². The summed E-state index contributed by atoms with van der Waals surface area (Å²) in [7, 11) is 3.40. The molecular formula is C17H27NO2. The van der Waals surface area contributed by atoms with Crippen LogP contribution >= 0.6 is 0 Å². The van der Waals surface area contributed by atoms with Crippen molar-refractivity contribution in [2.24, 2.45) is 0 Å². The molecule has 0 amide bonds. The van der Waals surface area contributed by atoms with Gasteiger partial charge in [-0.1, -0.05) is 33.6 Å². The summed E-state index contributed by atoms with van der Waals surface area (Å²) < 4.78 is 10.9. The van der Waals surface area contributed by atoms with Gasteiger partial charge in [0.25, 0.3) is 0 Å². The minimum absolute atomic E-state index is 0.123. The lowest BCUT2D eigenvalue weighted by Crippen LogP contribution is -2.41. The Morgan fingerprint density at radius 3 is 2.45 bits per heavy atom. The van der Waals surface area contributed by atoms with Crippen molar-refractivity contribution in [3.05, 3.63) is 23.3 Å². The van der Waals surface area contributed by atoms with Crippen LogP contribution in [0.25, 0.3) is 0 Å². The Morgan fingerprint density at radius 1 is 1.20 bits per heavy atom. The van der Waals surface area contributed by atoms with E-state index in [9.17, 15) is 0 Å². The summed E-state index contributed by atoms with van der Waals surface area (Å²) in [6, 6.07) is 4.74. The van der Waals surface area contributed by atoms with Crippen LogP contribution in [0.15, 0.2) is 12.1 Å². The normalized spacial score (nSPS) is 20.4. The van der Waals surface area contributed by atoms with Crippen LogP contribution in [0.2, 0.25) is 0 Å². The molecule has 0 bridgehead atoms. The lowest BCUT2D eigenvalue weighted by molar-refractivity contribution is 0.337. The highest BCUT2D eigenvalue weighted by Gasteiger charge is 2.33. The molecule has 1 aliphatic heterocycles. The van der Waals surface area contributed by atoms with Gasteiger partial charge in [-0.15, -0.1) is 0 Å². The monoisotopic (exact) mass is 277 g/mol. The van der Waals surface area contributed by atoms with E-state index in [4.69, 9.17) is 9.47 Å². The van der Waals surface area contributed by atoms with Gasteiger partial charge in [0.1, 0.15) is 0 Å². The topological polar surface area (TPSA) is 30.5 Å². The zero-order valence-corrected chi connectivity index (χ0v) is 13.4. The molecule has 0 saturated heterocycles. The molecule has 1 unspecified atom stereocenters. The van der Waals surface area contributed by atoms with Crippen LogP contribution in [0.4, 0.5) is 0 Å². The molecule has 1 N–H and O–H groups in total. The first-order chi connectivity index (χ1) is 9.53. The maximum absolute atomic E-state index is 5.47. The van der Waals surface area contributed by atoms with Gasteiger partial charge in [0.2, 0.25) is 0 Å². The van der Waals surface area contributed by atoms with Gasteiger partial charge in [-0.3, -0.25) is 0 Å². The second kappa shape index (κ2) is 6.04. The Labute approximate surface area is 122 Å². The molecule has 1 heterocycles. The van der Waals surface area contributed by atoms with Crippen LogP contribution in [-0.4, -0.2) is 20.8 Å². The standard InChI is InChI=1S/C17H27NO2/c1-6-7-8-14-12-9-15(19-4)16(20-5)10-13(12)17(2,3)11-18-14/h9-10,14,18H,6-8,11H2,1-5H3. The second-order valence-electron chi connectivity index (χ2n) is 6.25. The van der Waals surface area contributed by atoms with Gasteiger partial charge in [0, 0.05) is 18.0 Å². The third-order valence-corrected chi connectivity index (χ3v) is 4.30. The molecule has 1 aliphatic rings. The molecule has 0 radical (unpaired) electrons. The van der Waals surface area contributed by atoms with Crippen LogP contribution < -0.4 is 14.8 Å². The van der Waals surface area contributed by atoms with Crippen molar-refractivity contribution in [1.82, 2.24) is 5.32 Å². The van der Waals surface area contributed by atoms with Crippen LogP contribution in [0.5, 0.6) is 11.5 Å². The number of nitrogens with one attached hydrogen (secondary N) is 1. The Balaban J connectivity index is 2.46. The number of ether oxygens (including phenoxy) is 2. The van der Waals surface area contributed by atoms with Crippen LogP contribution in [0.1, 0.15) is 57.2 Å². The molecule has 3 nitrogen and oxygen atoms in total. The summed E-state index contributed by atoms with van der Waals surface area (Å²) in [6.45, 7) is 7.80. The Bertz CT molecular complexity index is 468. The van der Waals surface area contributed by atoms with Crippen LogP contribution in [0.3, 0.4) is 0 Å². The maximum atomic E-state index is 5.47. The maximum Gasteiger partial charge on any atom is 0.161 e. The predicted octanol–water partition coefficient (Wildman–Crippen LogP) is 3.82. The van der Waals surface area contributed by atoms with E-state index in [2.05, 4.69) is 38.2 Å². The van der Waals surface area contributed by atoms with Gasteiger partial charge in [0.05, 0.1) is 14.2 Å². The second-order valence-corrected chi connectivity index (χ2v) is 6.25. The minimum atomic E-state index is 0.123. The molecule has 0 aliphatic carbocycles. The lowest BCUT2D eigenvalue weighted by Gasteiger charge is -2.38. The third-order valence-electron chi connectivity index (χ3n) is 4.30. The van der Waals surface area contributed by atoms with Gasteiger partial charge >= 0.3 is 0 Å². The Morgan fingerprint density at radius 2 is 1.85 bits per heavy atom. The molecule has 1 atom stereocenters. The third kappa shape index (κ3) is 2.78. The lowest BCUT2D eigenvalue weighted by atomic mass is 9.75. The van der Waals surface area contributed by atoms with E-state index in [-0.39, 0.29) is 5.41 Å². The number of methoxy groups -OCH3 is 2. The number of benzene rings is 1. The zero-order valence-electron chi connectivity index (χ0n) is 13.4. The molecule has 1 aromatic carbocycles. The van der Waals surface area contributed by atoms with Crippen LogP contribution in [0, 0.1) is 0 Å². The minimum Gasteiger partial charge on any atom is -0.493 e. The molecule has 112 valence electrons. The molecule has 2 rings (SSSR count). The number of hydrogen-bond acceptors (Lipinski definition) is 3. The summed E-state index contributed by atoms with van der Waals surface area (Å²) in [5.41, 5.74) is 2.87. The summed E-state index contributed by atoms with van der Waals surface area (Å²) in [5, 5.41) is 3.69. The van der Waals surface area contributed by atoms with E-state index in [0.717, 1.165) is 18.0 Å². The highest BCUT2D eigenvalue weighted by Crippen LogP contribution is 2.42. The smallest absolute Gasteiger partial charge is 0.161 e. The van der Waals surface area contributed by atoms with Crippen molar-refractivity contribution >= 4 is 0 Å². The largest absolute Gasteiger partial charge is 0.493 e. The Kier molecular flexibility index (Phi) is 4.59. The molecule has 3 heteroatoms. The van der Waals surface area contributed by atoms with Crippen molar-refractivity contribution in [2.45, 2.75) is 51.5 Å². The van der Waals surface area contributed by atoms with E-state index in [0.29, 0.717) is 6.04 Å². The summed E-state index contributed by atoms with van der Waals surface area (Å²) in [5.74, 6) is 1.66. The number of hydrogen-bond donors (Lipinski definition) is 1.